The summed E-state index contributed by atoms with van der Waals surface area (Å²) in [4.78, 5) is 19.5. The molecule has 1 aliphatic rings. The van der Waals surface area contributed by atoms with E-state index in [1.807, 2.05) is 30.3 Å². The van der Waals surface area contributed by atoms with Gasteiger partial charge in [-0.3, -0.25) is 4.79 Å². The van der Waals surface area contributed by atoms with Crippen molar-refractivity contribution in [1.82, 2.24) is 14.7 Å². The lowest BCUT2D eigenvalue weighted by Crippen LogP contribution is -2.40. The first kappa shape index (κ1) is 19.6. The number of aromatic nitrogens is 2. The Balaban J connectivity index is 1.26. The van der Waals surface area contributed by atoms with Gasteiger partial charge in [0.25, 0.3) is 0 Å². The van der Waals surface area contributed by atoms with E-state index < -0.39 is 0 Å². The Hall–Kier alpha value is -2.73. The normalized spacial score (nSPS) is 14.7. The Bertz CT molecular complexity index is 931. The number of hydrogen-bond acceptors (Lipinski definition) is 5. The Morgan fingerprint density at radius 2 is 1.79 bits per heavy atom. The lowest BCUT2D eigenvalue weighted by molar-refractivity contribution is -0.125. The highest BCUT2D eigenvalue weighted by Gasteiger charge is 2.26. The molecule has 5 nitrogen and oxygen atoms in total. The van der Waals surface area contributed by atoms with Crippen LogP contribution in [0.5, 0.6) is 0 Å². The van der Waals surface area contributed by atoms with Gasteiger partial charge in [0.05, 0.1) is 0 Å². The average molecular weight is 407 g/mol. The molecule has 0 radical (unpaired) electrons. The van der Waals surface area contributed by atoms with Gasteiger partial charge in [-0.2, -0.15) is 4.37 Å². The monoisotopic (exact) mass is 406 g/mol. The van der Waals surface area contributed by atoms with Crippen molar-refractivity contribution in [3.05, 3.63) is 77.1 Å². The van der Waals surface area contributed by atoms with Gasteiger partial charge in [-0.05, 0) is 30.9 Å². The van der Waals surface area contributed by atoms with E-state index in [0.29, 0.717) is 6.54 Å². The van der Waals surface area contributed by atoms with E-state index in [9.17, 15) is 4.79 Å². The van der Waals surface area contributed by atoms with Crippen molar-refractivity contribution in [2.75, 3.05) is 18.0 Å². The van der Waals surface area contributed by atoms with Gasteiger partial charge in [-0.25, -0.2) is 4.98 Å². The van der Waals surface area contributed by atoms with Gasteiger partial charge in [0.15, 0.2) is 0 Å². The molecule has 150 valence electrons. The third-order valence-corrected chi connectivity index (χ3v) is 6.20. The number of nitrogens with zero attached hydrogens (tertiary/aromatic N) is 3. The summed E-state index contributed by atoms with van der Waals surface area (Å²) >= 11 is 1.46. The third kappa shape index (κ3) is 5.21. The van der Waals surface area contributed by atoms with Gasteiger partial charge in [-0.1, -0.05) is 60.2 Å². The molecule has 1 fully saturated rings. The van der Waals surface area contributed by atoms with Crippen LogP contribution in [0.4, 0.5) is 5.13 Å². The molecule has 0 atom stereocenters. The number of benzene rings is 2. The second kappa shape index (κ2) is 9.18. The molecule has 1 aliphatic heterocycles. The molecule has 4 rings (SSSR count). The van der Waals surface area contributed by atoms with Crippen LogP contribution in [-0.2, 0) is 17.8 Å². The number of carbonyl (C=O) groups excluding carboxylic acids is 1. The first-order valence-electron chi connectivity index (χ1n) is 10.1. The number of amides is 1. The first-order valence-corrected chi connectivity index (χ1v) is 10.9. The molecule has 0 unspecified atom stereocenters. The van der Waals surface area contributed by atoms with Crippen LogP contribution in [0.1, 0.15) is 35.4 Å². The fourth-order valence-electron chi connectivity index (χ4n) is 3.60. The maximum absolute atomic E-state index is 12.5. The quantitative estimate of drug-likeness (QED) is 0.673. The molecule has 0 spiro atoms. The van der Waals surface area contributed by atoms with E-state index in [2.05, 4.69) is 45.8 Å². The lowest BCUT2D eigenvalue weighted by Gasteiger charge is -2.30. The smallest absolute Gasteiger partial charge is 0.223 e. The molecule has 1 amide bonds. The molecule has 1 aromatic heterocycles. The topological polar surface area (TPSA) is 58.1 Å². The average Bonchev–Trinajstić information content (AvgIpc) is 3.23. The van der Waals surface area contributed by atoms with Gasteiger partial charge in [0, 0.05) is 43.5 Å². The highest BCUT2D eigenvalue weighted by atomic mass is 32.1. The third-order valence-electron chi connectivity index (χ3n) is 5.39. The maximum atomic E-state index is 12.5. The minimum absolute atomic E-state index is 0.0786. The summed E-state index contributed by atoms with van der Waals surface area (Å²) in [6, 6.07) is 18.6. The van der Waals surface area contributed by atoms with Crippen LogP contribution < -0.4 is 10.2 Å². The summed E-state index contributed by atoms with van der Waals surface area (Å²) in [7, 11) is 0. The number of anilines is 1. The molecule has 2 heterocycles. The zero-order valence-corrected chi connectivity index (χ0v) is 17.5. The predicted octanol–water partition coefficient (Wildman–Crippen LogP) is 3.97. The van der Waals surface area contributed by atoms with Crippen molar-refractivity contribution in [2.45, 2.75) is 32.7 Å². The van der Waals surface area contributed by atoms with Gasteiger partial charge in [0.1, 0.15) is 5.82 Å². The van der Waals surface area contributed by atoms with Gasteiger partial charge in [-0.15, -0.1) is 0 Å². The molecular weight excluding hydrogens is 380 g/mol. The van der Waals surface area contributed by atoms with Gasteiger partial charge in [0.2, 0.25) is 11.0 Å². The second-order valence-corrected chi connectivity index (χ2v) is 8.35. The SMILES string of the molecule is Cc1ccc(Cc2nsc(N3CCC(C(=O)NCc4ccccc4)CC3)n2)cc1. The molecule has 0 aliphatic carbocycles. The zero-order valence-electron chi connectivity index (χ0n) is 16.7. The molecule has 1 saturated heterocycles. The first-order chi connectivity index (χ1) is 14.2. The van der Waals surface area contributed by atoms with E-state index in [1.165, 1.54) is 22.7 Å². The Kier molecular flexibility index (Phi) is 6.20. The highest BCUT2D eigenvalue weighted by Crippen LogP contribution is 2.25. The van der Waals surface area contributed by atoms with Crippen molar-refractivity contribution in [2.24, 2.45) is 5.92 Å². The number of hydrogen-bond donors (Lipinski definition) is 1. The van der Waals surface area contributed by atoms with Crippen molar-refractivity contribution in [1.29, 1.82) is 0 Å². The van der Waals surface area contributed by atoms with E-state index in [0.717, 1.165) is 48.9 Å². The Morgan fingerprint density at radius 1 is 1.07 bits per heavy atom. The number of rotatable bonds is 6. The summed E-state index contributed by atoms with van der Waals surface area (Å²) in [5.74, 6) is 1.11. The summed E-state index contributed by atoms with van der Waals surface area (Å²) in [5, 5.41) is 4.04. The van der Waals surface area contributed by atoms with E-state index >= 15 is 0 Å². The van der Waals surface area contributed by atoms with Crippen molar-refractivity contribution in [3.8, 4) is 0 Å². The van der Waals surface area contributed by atoms with Crippen LogP contribution >= 0.6 is 11.5 Å². The zero-order chi connectivity index (χ0) is 20.1. The number of nitrogens with one attached hydrogen (secondary N) is 1. The van der Waals surface area contributed by atoms with E-state index in [1.54, 1.807) is 0 Å². The minimum atomic E-state index is 0.0786. The van der Waals surface area contributed by atoms with E-state index in [4.69, 9.17) is 4.98 Å². The molecular formula is C23H26N4OS. The standard InChI is InChI=1S/C23H26N4OS/c1-17-7-9-18(10-8-17)15-21-25-23(29-26-21)27-13-11-20(12-14-27)22(28)24-16-19-5-3-2-4-6-19/h2-10,20H,11-16H2,1H3,(H,24,28). The Morgan fingerprint density at radius 3 is 2.52 bits per heavy atom. The van der Waals surface area contributed by atoms with Gasteiger partial charge < -0.3 is 10.2 Å². The number of aryl methyl sites for hydroxylation is 1. The van der Waals surface area contributed by atoms with Crippen LogP contribution in [0.2, 0.25) is 0 Å². The van der Waals surface area contributed by atoms with Gasteiger partial charge >= 0.3 is 0 Å². The second-order valence-electron chi connectivity index (χ2n) is 7.62. The van der Waals surface area contributed by atoms with Crippen molar-refractivity contribution in [3.63, 3.8) is 0 Å². The van der Waals surface area contributed by atoms with Crippen LogP contribution in [0.3, 0.4) is 0 Å². The van der Waals surface area contributed by atoms with Crippen molar-refractivity contribution >= 4 is 22.6 Å². The fraction of sp³-hybridized carbons (Fsp3) is 0.348. The molecule has 2 aromatic carbocycles. The van der Waals surface area contributed by atoms with Crippen LogP contribution in [0, 0.1) is 12.8 Å². The summed E-state index contributed by atoms with van der Waals surface area (Å²) in [6.45, 7) is 4.39. The Labute approximate surface area is 176 Å². The maximum Gasteiger partial charge on any atom is 0.223 e. The summed E-state index contributed by atoms with van der Waals surface area (Å²) < 4.78 is 4.54. The molecule has 1 N–H and O–H groups in total. The molecule has 0 bridgehead atoms. The summed E-state index contributed by atoms with van der Waals surface area (Å²) in [5.41, 5.74) is 3.62. The van der Waals surface area contributed by atoms with Crippen LogP contribution in [-0.4, -0.2) is 28.4 Å². The highest BCUT2D eigenvalue weighted by molar-refractivity contribution is 7.09. The molecule has 0 saturated carbocycles. The number of piperidine rings is 1. The lowest BCUT2D eigenvalue weighted by atomic mass is 9.96. The predicted molar refractivity (Wildman–Crippen MR) is 117 cm³/mol. The van der Waals surface area contributed by atoms with Crippen molar-refractivity contribution < 1.29 is 4.79 Å². The van der Waals surface area contributed by atoms with Crippen LogP contribution in [0.15, 0.2) is 54.6 Å². The van der Waals surface area contributed by atoms with Crippen LogP contribution in [0.25, 0.3) is 0 Å². The minimum Gasteiger partial charge on any atom is -0.352 e. The van der Waals surface area contributed by atoms with E-state index in [-0.39, 0.29) is 11.8 Å². The molecule has 29 heavy (non-hydrogen) atoms. The molecule has 3 aromatic rings. The summed E-state index contributed by atoms with van der Waals surface area (Å²) in [6.07, 6.45) is 2.47. The molecule has 6 heteroatoms. The largest absolute Gasteiger partial charge is 0.352 e. The fourth-order valence-corrected chi connectivity index (χ4v) is 4.33. The number of carbonyl (C=O) groups is 1.